The van der Waals surface area contributed by atoms with Crippen LogP contribution in [-0.2, 0) is 6.61 Å². The maximum Gasteiger partial charge on any atom is 0.124 e. The van der Waals surface area contributed by atoms with Crippen molar-refractivity contribution in [3.63, 3.8) is 0 Å². The molecule has 1 aromatic carbocycles. The number of rotatable bonds is 3. The second kappa shape index (κ2) is 4.25. The van der Waals surface area contributed by atoms with E-state index < -0.39 is 0 Å². The fraction of sp³-hybridized carbons (Fsp3) is 0.400. The molecule has 0 bridgehead atoms. The minimum Gasteiger partial charge on any atom is -0.507 e. The number of hydrogen-bond acceptors (Lipinski definition) is 3. The Hall–Kier alpha value is -1.06. The quantitative estimate of drug-likeness (QED) is 0.653. The third-order valence-corrected chi connectivity index (χ3v) is 2.13. The maximum atomic E-state index is 9.62. The van der Waals surface area contributed by atoms with E-state index in [4.69, 9.17) is 10.2 Å². The van der Waals surface area contributed by atoms with Gasteiger partial charge in [-0.15, -0.1) is 0 Å². The molecule has 0 aliphatic carbocycles. The summed E-state index contributed by atoms with van der Waals surface area (Å²) >= 11 is 0. The number of hydrogen-bond donors (Lipinski definition) is 3. The summed E-state index contributed by atoms with van der Waals surface area (Å²) in [6.45, 7) is 1.62. The summed E-state index contributed by atoms with van der Waals surface area (Å²) in [5.41, 5.74) is 1.17. The van der Waals surface area contributed by atoms with E-state index in [1.165, 1.54) is 0 Å². The molecule has 1 atom stereocenters. The van der Waals surface area contributed by atoms with E-state index in [0.717, 1.165) is 0 Å². The molecule has 1 unspecified atom stereocenters. The second-order valence-electron chi connectivity index (χ2n) is 3.10. The Bertz CT molecular complexity index is 283. The van der Waals surface area contributed by atoms with Gasteiger partial charge in [-0.05, 0) is 5.56 Å². The molecular formula is C10H14O3. The van der Waals surface area contributed by atoms with Gasteiger partial charge in [-0.25, -0.2) is 0 Å². The molecule has 0 aliphatic rings. The number of aliphatic hydroxyl groups is 2. The second-order valence-corrected chi connectivity index (χ2v) is 3.10. The van der Waals surface area contributed by atoms with Gasteiger partial charge in [-0.3, -0.25) is 0 Å². The SMILES string of the molecule is CC(CO)c1cccc(CO)c1O. The molecule has 1 rings (SSSR count). The smallest absolute Gasteiger partial charge is 0.124 e. The van der Waals surface area contributed by atoms with E-state index in [0.29, 0.717) is 11.1 Å². The summed E-state index contributed by atoms with van der Waals surface area (Å²) < 4.78 is 0. The average molecular weight is 182 g/mol. The van der Waals surface area contributed by atoms with Crippen LogP contribution < -0.4 is 0 Å². The van der Waals surface area contributed by atoms with Crippen molar-refractivity contribution in [1.29, 1.82) is 0 Å². The maximum absolute atomic E-state index is 9.62. The molecule has 0 saturated heterocycles. The zero-order chi connectivity index (χ0) is 9.84. The third kappa shape index (κ3) is 1.99. The lowest BCUT2D eigenvalue weighted by atomic mass is 9.98. The van der Waals surface area contributed by atoms with Crippen molar-refractivity contribution < 1.29 is 15.3 Å². The van der Waals surface area contributed by atoms with E-state index in [-0.39, 0.29) is 24.9 Å². The Morgan fingerprint density at radius 1 is 1.31 bits per heavy atom. The average Bonchev–Trinajstić information content (AvgIpc) is 2.17. The van der Waals surface area contributed by atoms with Gasteiger partial charge in [0, 0.05) is 18.1 Å². The van der Waals surface area contributed by atoms with Gasteiger partial charge in [0.05, 0.1) is 6.61 Å². The topological polar surface area (TPSA) is 60.7 Å². The van der Waals surface area contributed by atoms with Gasteiger partial charge in [0.2, 0.25) is 0 Å². The third-order valence-electron chi connectivity index (χ3n) is 2.13. The van der Waals surface area contributed by atoms with E-state index in [1.807, 2.05) is 6.92 Å². The lowest BCUT2D eigenvalue weighted by molar-refractivity contribution is 0.264. The standard InChI is InChI=1S/C10H14O3/c1-7(5-11)9-4-2-3-8(6-12)10(9)13/h2-4,7,11-13H,5-6H2,1H3. The van der Waals surface area contributed by atoms with Gasteiger partial charge in [-0.2, -0.15) is 0 Å². The zero-order valence-electron chi connectivity index (χ0n) is 7.57. The molecule has 0 aliphatic heterocycles. The molecule has 3 nitrogen and oxygen atoms in total. The Balaban J connectivity index is 3.08. The summed E-state index contributed by atoms with van der Waals surface area (Å²) in [6.07, 6.45) is 0. The molecule has 0 aromatic heterocycles. The Labute approximate surface area is 77.3 Å². The van der Waals surface area contributed by atoms with Crippen LogP contribution in [0.2, 0.25) is 0 Å². The molecule has 13 heavy (non-hydrogen) atoms. The summed E-state index contributed by atoms with van der Waals surface area (Å²) in [4.78, 5) is 0. The van der Waals surface area contributed by atoms with Gasteiger partial charge in [0.25, 0.3) is 0 Å². The Morgan fingerprint density at radius 3 is 2.54 bits per heavy atom. The van der Waals surface area contributed by atoms with Crippen LogP contribution in [0.5, 0.6) is 5.75 Å². The molecule has 72 valence electrons. The summed E-state index contributed by atoms with van der Waals surface area (Å²) in [5, 5.41) is 27.4. The van der Waals surface area contributed by atoms with Crippen molar-refractivity contribution in [2.24, 2.45) is 0 Å². The first-order valence-corrected chi connectivity index (χ1v) is 4.23. The van der Waals surface area contributed by atoms with Gasteiger partial charge in [0.1, 0.15) is 5.75 Å². The summed E-state index contributed by atoms with van der Waals surface area (Å²) in [5.74, 6) is -0.0157. The van der Waals surface area contributed by atoms with Crippen molar-refractivity contribution in [2.45, 2.75) is 19.4 Å². The first-order valence-electron chi connectivity index (χ1n) is 4.23. The Morgan fingerprint density at radius 2 is 2.00 bits per heavy atom. The molecule has 0 saturated carbocycles. The van der Waals surface area contributed by atoms with Crippen LogP contribution in [0.3, 0.4) is 0 Å². The van der Waals surface area contributed by atoms with Crippen LogP contribution in [0.25, 0.3) is 0 Å². The first kappa shape index (κ1) is 10.0. The van der Waals surface area contributed by atoms with Gasteiger partial charge >= 0.3 is 0 Å². The molecule has 0 radical (unpaired) electrons. The van der Waals surface area contributed by atoms with E-state index in [9.17, 15) is 5.11 Å². The predicted molar refractivity (Wildman–Crippen MR) is 49.5 cm³/mol. The number of aromatic hydroxyl groups is 1. The van der Waals surface area contributed by atoms with Crippen molar-refractivity contribution in [2.75, 3.05) is 6.61 Å². The molecule has 3 heteroatoms. The van der Waals surface area contributed by atoms with E-state index in [2.05, 4.69) is 0 Å². The minimum atomic E-state index is -0.183. The molecular weight excluding hydrogens is 168 g/mol. The van der Waals surface area contributed by atoms with Crippen LogP contribution in [0.15, 0.2) is 18.2 Å². The largest absolute Gasteiger partial charge is 0.507 e. The van der Waals surface area contributed by atoms with Gasteiger partial charge < -0.3 is 15.3 Å². The highest BCUT2D eigenvalue weighted by atomic mass is 16.3. The number of aliphatic hydroxyl groups excluding tert-OH is 2. The molecule has 3 N–H and O–H groups in total. The van der Waals surface area contributed by atoms with Crippen molar-refractivity contribution in [1.82, 2.24) is 0 Å². The lowest BCUT2D eigenvalue weighted by Gasteiger charge is -2.12. The first-order chi connectivity index (χ1) is 6.20. The van der Waals surface area contributed by atoms with Crippen molar-refractivity contribution in [3.8, 4) is 5.75 Å². The van der Waals surface area contributed by atoms with Crippen LogP contribution in [0.4, 0.5) is 0 Å². The van der Waals surface area contributed by atoms with Crippen LogP contribution in [0, 0.1) is 0 Å². The van der Waals surface area contributed by atoms with Crippen molar-refractivity contribution >= 4 is 0 Å². The van der Waals surface area contributed by atoms with E-state index >= 15 is 0 Å². The monoisotopic (exact) mass is 182 g/mol. The van der Waals surface area contributed by atoms with Crippen LogP contribution in [-0.4, -0.2) is 21.9 Å². The normalized spacial score (nSPS) is 12.8. The summed E-state index contributed by atoms with van der Waals surface area (Å²) in [7, 11) is 0. The number of phenols is 1. The van der Waals surface area contributed by atoms with Crippen LogP contribution >= 0.6 is 0 Å². The molecule has 0 spiro atoms. The predicted octanol–water partition coefficient (Wildman–Crippen LogP) is 0.980. The summed E-state index contributed by atoms with van der Waals surface area (Å²) in [6, 6.07) is 5.16. The molecule has 0 heterocycles. The number of para-hydroxylation sites is 1. The lowest BCUT2D eigenvalue weighted by Crippen LogP contribution is -2.00. The minimum absolute atomic E-state index is 0.0115. The Kier molecular flexibility index (Phi) is 3.28. The van der Waals surface area contributed by atoms with Gasteiger partial charge in [-0.1, -0.05) is 25.1 Å². The van der Waals surface area contributed by atoms with Crippen LogP contribution in [0.1, 0.15) is 24.0 Å². The van der Waals surface area contributed by atoms with E-state index in [1.54, 1.807) is 18.2 Å². The fourth-order valence-corrected chi connectivity index (χ4v) is 1.23. The fourth-order valence-electron chi connectivity index (χ4n) is 1.23. The molecule has 1 aromatic rings. The zero-order valence-corrected chi connectivity index (χ0v) is 7.57. The van der Waals surface area contributed by atoms with Gasteiger partial charge in [0.15, 0.2) is 0 Å². The molecule has 0 amide bonds. The highest BCUT2D eigenvalue weighted by Gasteiger charge is 2.11. The van der Waals surface area contributed by atoms with Crippen molar-refractivity contribution in [3.05, 3.63) is 29.3 Å². The highest BCUT2D eigenvalue weighted by Crippen LogP contribution is 2.28. The highest BCUT2D eigenvalue weighted by molar-refractivity contribution is 5.41. The molecule has 0 fully saturated rings. The number of benzene rings is 1.